The van der Waals surface area contributed by atoms with E-state index in [9.17, 15) is 4.39 Å². The highest BCUT2D eigenvalue weighted by molar-refractivity contribution is 5.69. The van der Waals surface area contributed by atoms with E-state index in [1.54, 1.807) is 6.92 Å². The van der Waals surface area contributed by atoms with Gasteiger partial charge in [0.1, 0.15) is 5.82 Å². The van der Waals surface area contributed by atoms with Gasteiger partial charge in [0, 0.05) is 6.54 Å². The number of morpholine rings is 1. The Hall–Kier alpha value is -1.29. The molecule has 0 saturated carbocycles. The van der Waals surface area contributed by atoms with Gasteiger partial charge in [-0.3, -0.25) is 0 Å². The summed E-state index contributed by atoms with van der Waals surface area (Å²) in [4.78, 5) is 2.23. The summed E-state index contributed by atoms with van der Waals surface area (Å²) in [5.74, 6) is -0.243. The fourth-order valence-electron chi connectivity index (χ4n) is 2.24. The summed E-state index contributed by atoms with van der Waals surface area (Å²) in [6.45, 7) is 6.12. The predicted molar refractivity (Wildman–Crippen MR) is 67.8 cm³/mol. The van der Waals surface area contributed by atoms with Crippen LogP contribution >= 0.6 is 0 Å². The Morgan fingerprint density at radius 3 is 3.00 bits per heavy atom. The molecule has 17 heavy (non-hydrogen) atoms. The van der Waals surface area contributed by atoms with Gasteiger partial charge in [-0.25, -0.2) is 4.39 Å². The van der Waals surface area contributed by atoms with Crippen LogP contribution in [0, 0.1) is 12.7 Å². The summed E-state index contributed by atoms with van der Waals surface area (Å²) in [5.41, 5.74) is 7.99. The van der Waals surface area contributed by atoms with Crippen molar-refractivity contribution in [1.29, 1.82) is 0 Å². The first-order valence-corrected chi connectivity index (χ1v) is 6.03. The lowest BCUT2D eigenvalue weighted by Gasteiger charge is -2.37. The number of hydrogen-bond acceptors (Lipinski definition) is 3. The van der Waals surface area contributed by atoms with Crippen molar-refractivity contribution >= 4 is 11.4 Å². The molecule has 1 aromatic rings. The highest BCUT2D eigenvalue weighted by Gasteiger charge is 2.23. The van der Waals surface area contributed by atoms with Crippen molar-refractivity contribution < 1.29 is 9.13 Å². The van der Waals surface area contributed by atoms with E-state index in [2.05, 4.69) is 11.8 Å². The predicted octanol–water partition coefficient (Wildman–Crippen LogP) is 2.33. The second-order valence-corrected chi connectivity index (χ2v) is 4.49. The molecule has 0 spiro atoms. The summed E-state index contributed by atoms with van der Waals surface area (Å²) in [7, 11) is 0. The Kier molecular flexibility index (Phi) is 3.52. The zero-order chi connectivity index (χ0) is 12.4. The zero-order valence-corrected chi connectivity index (χ0v) is 10.4. The van der Waals surface area contributed by atoms with E-state index in [4.69, 9.17) is 10.5 Å². The summed E-state index contributed by atoms with van der Waals surface area (Å²) in [5, 5.41) is 0. The smallest absolute Gasteiger partial charge is 0.128 e. The molecule has 0 aromatic heterocycles. The molecular formula is C13H19FN2O. The van der Waals surface area contributed by atoms with Crippen LogP contribution in [0.4, 0.5) is 15.8 Å². The van der Waals surface area contributed by atoms with Gasteiger partial charge in [0.25, 0.3) is 0 Å². The molecular weight excluding hydrogens is 219 g/mol. The maximum atomic E-state index is 13.4. The number of nitrogens with zero attached hydrogens (tertiary/aromatic N) is 1. The molecule has 1 atom stereocenters. The normalized spacial score (nSPS) is 20.6. The Morgan fingerprint density at radius 2 is 2.29 bits per heavy atom. The quantitative estimate of drug-likeness (QED) is 0.804. The van der Waals surface area contributed by atoms with Gasteiger partial charge in [-0.05, 0) is 31.0 Å². The summed E-state index contributed by atoms with van der Waals surface area (Å²) < 4.78 is 18.8. The molecule has 1 aliphatic rings. The third kappa shape index (κ3) is 2.36. The minimum Gasteiger partial charge on any atom is -0.397 e. The van der Waals surface area contributed by atoms with Gasteiger partial charge in [-0.2, -0.15) is 0 Å². The Balaban J connectivity index is 2.34. The molecule has 1 fully saturated rings. The second kappa shape index (κ2) is 4.92. The monoisotopic (exact) mass is 238 g/mol. The first-order valence-electron chi connectivity index (χ1n) is 6.03. The third-order valence-corrected chi connectivity index (χ3v) is 3.32. The molecule has 0 aliphatic carbocycles. The number of anilines is 2. The minimum atomic E-state index is -0.243. The van der Waals surface area contributed by atoms with Crippen LogP contribution in [0.5, 0.6) is 0 Å². The zero-order valence-electron chi connectivity index (χ0n) is 10.4. The van der Waals surface area contributed by atoms with Crippen LogP contribution in [-0.4, -0.2) is 25.8 Å². The maximum absolute atomic E-state index is 13.4. The van der Waals surface area contributed by atoms with Crippen molar-refractivity contribution in [3.8, 4) is 0 Å². The fraction of sp³-hybridized carbons (Fsp3) is 0.538. The number of ether oxygens (including phenoxy) is 1. The topological polar surface area (TPSA) is 38.5 Å². The van der Waals surface area contributed by atoms with E-state index in [-0.39, 0.29) is 5.82 Å². The van der Waals surface area contributed by atoms with Crippen molar-refractivity contribution in [3.05, 3.63) is 23.5 Å². The number of nitrogen functional groups attached to an aromatic ring is 1. The third-order valence-electron chi connectivity index (χ3n) is 3.32. The van der Waals surface area contributed by atoms with Gasteiger partial charge in [0.2, 0.25) is 0 Å². The van der Waals surface area contributed by atoms with Crippen LogP contribution in [0.25, 0.3) is 0 Å². The number of aryl methyl sites for hydroxylation is 1. The second-order valence-electron chi connectivity index (χ2n) is 4.49. The van der Waals surface area contributed by atoms with Gasteiger partial charge in [0.05, 0.1) is 30.6 Å². The first-order chi connectivity index (χ1) is 8.13. The number of rotatable bonds is 2. The Morgan fingerprint density at radius 1 is 1.53 bits per heavy atom. The van der Waals surface area contributed by atoms with Crippen molar-refractivity contribution in [2.75, 3.05) is 30.4 Å². The molecule has 4 heteroatoms. The molecule has 0 bridgehead atoms. The van der Waals surface area contributed by atoms with Crippen LogP contribution < -0.4 is 10.6 Å². The lowest BCUT2D eigenvalue weighted by atomic mass is 10.1. The van der Waals surface area contributed by atoms with E-state index in [1.807, 2.05) is 6.07 Å². The summed E-state index contributed by atoms with van der Waals surface area (Å²) in [6.07, 6.45) is 0.996. The lowest BCUT2D eigenvalue weighted by Crippen LogP contribution is -2.45. The average Bonchev–Trinajstić information content (AvgIpc) is 2.34. The van der Waals surface area contributed by atoms with Crippen LogP contribution in [0.3, 0.4) is 0 Å². The van der Waals surface area contributed by atoms with Gasteiger partial charge in [0.15, 0.2) is 0 Å². The molecule has 2 rings (SSSR count). The Bertz CT molecular complexity index is 409. The van der Waals surface area contributed by atoms with E-state index in [0.717, 1.165) is 18.7 Å². The van der Waals surface area contributed by atoms with Gasteiger partial charge in [-0.15, -0.1) is 0 Å². The number of hydrogen-bond donors (Lipinski definition) is 1. The standard InChI is InChI=1S/C13H19FN2O/c1-3-10-8-17-5-4-16(10)13-6-9(2)11(14)7-12(13)15/h6-7,10H,3-5,8,15H2,1-2H3. The number of halogens is 1. The first kappa shape index (κ1) is 12.2. The van der Waals surface area contributed by atoms with Crippen molar-refractivity contribution in [2.24, 2.45) is 0 Å². The number of benzene rings is 1. The molecule has 1 aromatic carbocycles. The van der Waals surface area contributed by atoms with Crippen molar-refractivity contribution in [1.82, 2.24) is 0 Å². The van der Waals surface area contributed by atoms with E-state index in [1.165, 1.54) is 6.07 Å². The largest absolute Gasteiger partial charge is 0.397 e. The molecule has 1 heterocycles. The highest BCUT2D eigenvalue weighted by atomic mass is 19.1. The SMILES string of the molecule is CCC1COCCN1c1cc(C)c(F)cc1N. The molecule has 1 unspecified atom stereocenters. The van der Waals surface area contributed by atoms with E-state index in [0.29, 0.717) is 30.5 Å². The summed E-state index contributed by atoms with van der Waals surface area (Å²) >= 11 is 0. The van der Waals surface area contributed by atoms with Crippen LogP contribution in [-0.2, 0) is 4.74 Å². The molecule has 3 nitrogen and oxygen atoms in total. The maximum Gasteiger partial charge on any atom is 0.128 e. The van der Waals surface area contributed by atoms with Crippen molar-refractivity contribution in [2.45, 2.75) is 26.3 Å². The summed E-state index contributed by atoms with van der Waals surface area (Å²) in [6, 6.07) is 3.57. The molecule has 0 radical (unpaired) electrons. The highest BCUT2D eigenvalue weighted by Crippen LogP contribution is 2.29. The lowest BCUT2D eigenvalue weighted by molar-refractivity contribution is 0.0930. The van der Waals surface area contributed by atoms with Crippen molar-refractivity contribution in [3.63, 3.8) is 0 Å². The fourth-order valence-corrected chi connectivity index (χ4v) is 2.24. The minimum absolute atomic E-state index is 0.243. The molecule has 1 aliphatic heterocycles. The van der Waals surface area contributed by atoms with Crippen LogP contribution in [0.2, 0.25) is 0 Å². The average molecular weight is 238 g/mol. The Labute approximate surface area is 101 Å². The van der Waals surface area contributed by atoms with Gasteiger partial charge >= 0.3 is 0 Å². The van der Waals surface area contributed by atoms with Gasteiger partial charge in [-0.1, -0.05) is 6.92 Å². The van der Waals surface area contributed by atoms with Crippen LogP contribution in [0.15, 0.2) is 12.1 Å². The molecule has 94 valence electrons. The molecule has 0 amide bonds. The molecule has 2 N–H and O–H groups in total. The molecule has 1 saturated heterocycles. The van der Waals surface area contributed by atoms with Crippen LogP contribution in [0.1, 0.15) is 18.9 Å². The van der Waals surface area contributed by atoms with E-state index < -0.39 is 0 Å². The van der Waals surface area contributed by atoms with Gasteiger partial charge < -0.3 is 15.4 Å². The number of nitrogens with two attached hydrogens (primary N) is 1. The van der Waals surface area contributed by atoms with E-state index >= 15 is 0 Å².